The maximum Gasteiger partial charge on any atom is 0.235 e. The highest BCUT2D eigenvalue weighted by molar-refractivity contribution is 6.29. The van der Waals surface area contributed by atoms with Crippen molar-refractivity contribution in [1.82, 2.24) is 38.6 Å². The number of hydrogen-bond donors (Lipinski definition) is 1. The molecular weight excluding hydrogens is 1200 g/mol. The van der Waals surface area contributed by atoms with Gasteiger partial charge in [0.05, 0.1) is 44.5 Å². The Labute approximate surface area is 562 Å². The molecule has 8 nitrogen and oxygen atoms in total. The number of benzene rings is 14. The minimum Gasteiger partial charge on any atom is -0.354 e. The first-order valence-electron chi connectivity index (χ1n) is 32.5. The molecule has 0 saturated carbocycles. The van der Waals surface area contributed by atoms with Crippen molar-refractivity contribution in [2.45, 2.75) is 0 Å². The van der Waals surface area contributed by atoms with Crippen molar-refractivity contribution in [2.24, 2.45) is 0 Å². The molecule has 0 aliphatic rings. The van der Waals surface area contributed by atoms with Crippen LogP contribution in [0.3, 0.4) is 0 Å². The van der Waals surface area contributed by atoms with Crippen LogP contribution in [0.25, 0.3) is 171 Å². The molecule has 456 valence electrons. The molecule has 1 N–H and O–H groups in total. The van der Waals surface area contributed by atoms with Crippen LogP contribution < -0.4 is 0 Å². The number of aromatic amines is 1. The fraction of sp³-hybridized carbons (Fsp3) is 0. The third kappa shape index (κ3) is 10.1. The first-order chi connectivity index (χ1) is 48.0. The standard InChI is InChI=1S/C44H28N4.C24H15ClN2.C20H14N2/c1-2-13-32(14-3-1)47-28-27-37-39(47)25-26-41-42(37)36-17-7-9-20-40(36)48(41)44-45-38-19-8-6-16-35(38)43(46-44)31-23-21-30(22-24-31)34-18-10-12-29-11-4-5-15-33(29)34;25-24-26-22-11-4-3-9-21(22)23(27-24)18-14-12-17(13-15-18)20-10-5-7-16-6-1-2-8-19(16)20;1-2-6-14(7-3-1)22-13-12-16-19(22)11-10-18-20(16)15-8-4-5-9-17(15)21-18/h1-28H;1-15H;1-13,21H. The highest BCUT2D eigenvalue weighted by atomic mass is 35.5. The van der Waals surface area contributed by atoms with E-state index in [2.05, 4.69) is 332 Å². The number of nitrogens with one attached hydrogen (secondary N) is 1. The fourth-order valence-electron chi connectivity index (χ4n) is 14.3. The Bertz CT molecular complexity index is 6370. The molecule has 20 aromatic rings. The van der Waals surface area contributed by atoms with Gasteiger partial charge < -0.3 is 14.1 Å². The molecule has 0 atom stereocenters. The molecule has 0 aliphatic heterocycles. The molecule has 6 aromatic heterocycles. The Morgan fingerprint density at radius 3 is 1.30 bits per heavy atom. The number of fused-ring (bicyclic) bond motifs is 14. The van der Waals surface area contributed by atoms with Crippen molar-refractivity contribution in [3.63, 3.8) is 0 Å². The van der Waals surface area contributed by atoms with Crippen LogP contribution in [-0.2, 0) is 0 Å². The van der Waals surface area contributed by atoms with Crippen LogP contribution in [0.4, 0.5) is 0 Å². The molecule has 6 heterocycles. The van der Waals surface area contributed by atoms with E-state index < -0.39 is 0 Å². The normalized spacial score (nSPS) is 11.6. The van der Waals surface area contributed by atoms with Crippen molar-refractivity contribution < 1.29 is 0 Å². The SMILES string of the molecule is Clc1nc(-c2ccc(-c3cccc4ccccc34)cc2)c2ccccc2n1.c1ccc(-n2ccc3c4c(ccc32)[nH]c2ccccc24)cc1.c1ccc(-n2ccc3c4c5ccccc5n(-c5nc(-c6ccc(-c7cccc8ccccc78)cc6)c6ccccc6n5)c4ccc32)cc1. The largest absolute Gasteiger partial charge is 0.354 e. The lowest BCUT2D eigenvalue weighted by molar-refractivity contribution is 1.01. The van der Waals surface area contributed by atoms with Gasteiger partial charge in [-0.25, -0.2) is 19.9 Å². The summed E-state index contributed by atoms with van der Waals surface area (Å²) in [6.45, 7) is 0. The van der Waals surface area contributed by atoms with Gasteiger partial charge in [-0.15, -0.1) is 0 Å². The first kappa shape index (κ1) is 57.0. The molecule has 0 unspecified atom stereocenters. The zero-order valence-corrected chi connectivity index (χ0v) is 53.1. The summed E-state index contributed by atoms with van der Waals surface area (Å²) in [7, 11) is 0. The van der Waals surface area contributed by atoms with Gasteiger partial charge in [0.1, 0.15) is 0 Å². The van der Waals surface area contributed by atoms with E-state index in [1.807, 2.05) is 36.4 Å². The van der Waals surface area contributed by atoms with Crippen molar-refractivity contribution in [2.75, 3.05) is 0 Å². The zero-order chi connectivity index (χ0) is 64.3. The van der Waals surface area contributed by atoms with E-state index >= 15 is 0 Å². The minimum atomic E-state index is 0.266. The average Bonchev–Trinajstić information content (AvgIpc) is 1.57. The predicted octanol–water partition coefficient (Wildman–Crippen LogP) is 23.2. The Kier molecular flexibility index (Phi) is 14.1. The van der Waals surface area contributed by atoms with E-state index in [4.69, 9.17) is 21.6 Å². The molecule has 9 heteroatoms. The second-order valence-corrected chi connectivity index (χ2v) is 24.7. The van der Waals surface area contributed by atoms with E-state index in [-0.39, 0.29) is 5.28 Å². The number of aromatic nitrogens is 8. The van der Waals surface area contributed by atoms with Crippen molar-refractivity contribution in [3.05, 3.63) is 345 Å². The predicted molar refractivity (Wildman–Crippen MR) is 405 cm³/mol. The lowest BCUT2D eigenvalue weighted by atomic mass is 9.96. The van der Waals surface area contributed by atoms with Gasteiger partial charge in [-0.1, -0.05) is 243 Å². The van der Waals surface area contributed by atoms with Gasteiger partial charge in [0.2, 0.25) is 11.2 Å². The second-order valence-electron chi connectivity index (χ2n) is 24.3. The Balaban J connectivity index is 0.000000117. The second kappa shape index (κ2) is 24.0. The van der Waals surface area contributed by atoms with Gasteiger partial charge in [0.25, 0.3) is 0 Å². The summed E-state index contributed by atoms with van der Waals surface area (Å²) < 4.78 is 6.73. The maximum absolute atomic E-state index is 6.14. The summed E-state index contributed by atoms with van der Waals surface area (Å²) in [6.07, 6.45) is 4.32. The Morgan fingerprint density at radius 1 is 0.268 bits per heavy atom. The molecule has 20 rings (SSSR count). The zero-order valence-electron chi connectivity index (χ0n) is 52.3. The van der Waals surface area contributed by atoms with Crippen molar-refractivity contribution in [3.8, 4) is 62.1 Å². The topological polar surface area (TPSA) is 82.1 Å². The molecule has 97 heavy (non-hydrogen) atoms. The average molecular weight is 1260 g/mol. The van der Waals surface area contributed by atoms with Crippen molar-refractivity contribution in [1.29, 1.82) is 0 Å². The van der Waals surface area contributed by atoms with E-state index in [1.54, 1.807) is 0 Å². The number of hydrogen-bond acceptors (Lipinski definition) is 4. The van der Waals surface area contributed by atoms with E-state index in [0.29, 0.717) is 5.95 Å². The fourth-order valence-corrected chi connectivity index (χ4v) is 14.5. The first-order valence-corrected chi connectivity index (χ1v) is 32.9. The van der Waals surface area contributed by atoms with Gasteiger partial charge >= 0.3 is 0 Å². The number of rotatable bonds is 7. The van der Waals surface area contributed by atoms with Gasteiger partial charge in [-0.3, -0.25) is 4.57 Å². The number of nitrogens with zero attached hydrogens (tertiary/aromatic N) is 7. The lowest BCUT2D eigenvalue weighted by Gasteiger charge is -2.13. The summed E-state index contributed by atoms with van der Waals surface area (Å²) in [6, 6.07) is 115. The Hall–Kier alpha value is -12.8. The van der Waals surface area contributed by atoms with Crippen LogP contribution >= 0.6 is 11.6 Å². The summed E-state index contributed by atoms with van der Waals surface area (Å²) >= 11 is 6.14. The summed E-state index contributed by atoms with van der Waals surface area (Å²) in [4.78, 5) is 22.8. The molecule has 14 aromatic carbocycles. The Morgan fingerprint density at radius 2 is 0.701 bits per heavy atom. The molecule has 0 bridgehead atoms. The monoisotopic (exact) mass is 1260 g/mol. The van der Waals surface area contributed by atoms with E-state index in [1.165, 1.54) is 104 Å². The third-order valence-electron chi connectivity index (χ3n) is 18.8. The number of para-hydroxylation sites is 6. The lowest BCUT2D eigenvalue weighted by Crippen LogP contribution is -2.03. The quantitative estimate of drug-likeness (QED) is 0.161. The maximum atomic E-state index is 6.14. The molecule has 0 aliphatic carbocycles. The third-order valence-corrected chi connectivity index (χ3v) is 19.0. The van der Waals surface area contributed by atoms with Gasteiger partial charge in [0, 0.05) is 89.0 Å². The van der Waals surface area contributed by atoms with Gasteiger partial charge in [-0.2, -0.15) is 0 Å². The van der Waals surface area contributed by atoms with Crippen LogP contribution in [0.5, 0.6) is 0 Å². The molecule has 0 amide bonds. The molecule has 0 saturated heterocycles. The van der Waals surface area contributed by atoms with Crippen LogP contribution in [0.1, 0.15) is 0 Å². The molecule has 0 radical (unpaired) electrons. The summed E-state index contributed by atoms with van der Waals surface area (Å²) in [5.74, 6) is 0.662. The van der Waals surface area contributed by atoms with Gasteiger partial charge in [-0.05, 0) is 140 Å². The highest BCUT2D eigenvalue weighted by Gasteiger charge is 2.21. The highest BCUT2D eigenvalue weighted by Crippen LogP contribution is 2.41. The van der Waals surface area contributed by atoms with Crippen LogP contribution in [0.15, 0.2) is 340 Å². The summed E-state index contributed by atoms with van der Waals surface area (Å²) in [5, 5.41) is 14.8. The number of halogens is 1. The van der Waals surface area contributed by atoms with E-state index in [9.17, 15) is 0 Å². The van der Waals surface area contributed by atoms with E-state index in [0.717, 1.165) is 61.0 Å². The summed E-state index contributed by atoms with van der Waals surface area (Å²) in [5.41, 5.74) is 19.7. The van der Waals surface area contributed by atoms with Crippen LogP contribution in [0, 0.1) is 0 Å². The molecular formula is C88H57ClN8. The smallest absolute Gasteiger partial charge is 0.235 e. The van der Waals surface area contributed by atoms with Crippen LogP contribution in [-0.4, -0.2) is 38.6 Å². The molecule has 0 spiro atoms. The van der Waals surface area contributed by atoms with Crippen LogP contribution in [0.2, 0.25) is 5.28 Å². The number of H-pyrrole nitrogens is 1. The minimum absolute atomic E-state index is 0.266. The molecule has 0 fully saturated rings. The van der Waals surface area contributed by atoms with Crippen molar-refractivity contribution >= 4 is 120 Å². The van der Waals surface area contributed by atoms with Gasteiger partial charge in [0.15, 0.2) is 0 Å².